The second-order valence-corrected chi connectivity index (χ2v) is 10.8. The number of benzene rings is 2. The topological polar surface area (TPSA) is 169 Å². The molecule has 1 atom stereocenters. The lowest BCUT2D eigenvalue weighted by atomic mass is 10.1. The van der Waals surface area contributed by atoms with E-state index in [1.54, 1.807) is 0 Å². The van der Waals surface area contributed by atoms with Gasteiger partial charge in [0.1, 0.15) is 22.9 Å². The van der Waals surface area contributed by atoms with E-state index >= 15 is 0 Å². The Morgan fingerprint density at radius 3 is 1.49 bits per heavy atom. The minimum absolute atomic E-state index is 0.0998. The fourth-order valence-corrected chi connectivity index (χ4v) is 5.02. The first kappa shape index (κ1) is 32.9. The van der Waals surface area contributed by atoms with Gasteiger partial charge in [-0.3, -0.25) is 4.57 Å². The van der Waals surface area contributed by atoms with Crippen LogP contribution in [0, 0.1) is 5.82 Å². The highest BCUT2D eigenvalue weighted by molar-refractivity contribution is 7.54. The normalized spacial score (nSPS) is 11.7. The van der Waals surface area contributed by atoms with Gasteiger partial charge in [-0.25, -0.2) is 9.18 Å². The lowest BCUT2D eigenvalue weighted by Gasteiger charge is -2.25. The van der Waals surface area contributed by atoms with Crippen LogP contribution in [0.25, 0.3) is 0 Å². The minimum atomic E-state index is -4.17. The number of methoxy groups -OCH3 is 4. The summed E-state index contributed by atoms with van der Waals surface area (Å²) < 4.78 is 75.8. The van der Waals surface area contributed by atoms with E-state index < -0.39 is 25.2 Å². The molecule has 15 nitrogen and oxygen atoms in total. The van der Waals surface area contributed by atoms with Crippen LogP contribution in [0.3, 0.4) is 0 Å². The van der Waals surface area contributed by atoms with Crippen molar-refractivity contribution < 1.29 is 56.0 Å². The third-order valence-electron chi connectivity index (χ3n) is 5.92. The van der Waals surface area contributed by atoms with Crippen molar-refractivity contribution in [2.24, 2.45) is 0 Å². The second-order valence-electron chi connectivity index (χ2n) is 8.52. The average molecular weight is 647 g/mol. The SMILES string of the molecule is COc1cc(OC)nc(Oc2cccc(Oc3nc(OC)cc(OC)n3)c2C(=O)OC(c2ccc(F)cc2)P(=O)(OC)OC)n1. The number of hydrogen-bond acceptors (Lipinski definition) is 15. The molecule has 0 saturated heterocycles. The first-order valence-electron chi connectivity index (χ1n) is 12.8. The maximum Gasteiger partial charge on any atom is 0.375 e. The van der Waals surface area contributed by atoms with Gasteiger partial charge in [0.05, 0.1) is 40.6 Å². The highest BCUT2D eigenvalue weighted by Gasteiger charge is 2.40. The van der Waals surface area contributed by atoms with Gasteiger partial charge in [0, 0.05) is 19.8 Å². The molecule has 0 aliphatic carbocycles. The summed E-state index contributed by atoms with van der Waals surface area (Å²) in [6, 6.07) is 11.3. The molecule has 17 heteroatoms. The van der Waals surface area contributed by atoms with Crippen molar-refractivity contribution in [3.63, 3.8) is 0 Å². The van der Waals surface area contributed by atoms with Gasteiger partial charge < -0.3 is 42.2 Å². The largest absolute Gasteiger partial charge is 0.481 e. The molecule has 0 saturated carbocycles. The molecule has 0 amide bonds. The van der Waals surface area contributed by atoms with E-state index in [1.807, 2.05) is 0 Å². The van der Waals surface area contributed by atoms with Gasteiger partial charge in [0.25, 0.3) is 0 Å². The van der Waals surface area contributed by atoms with Crippen LogP contribution >= 0.6 is 7.60 Å². The molecule has 0 aliphatic heterocycles. The Morgan fingerprint density at radius 1 is 0.689 bits per heavy atom. The summed E-state index contributed by atoms with van der Waals surface area (Å²) in [5.74, 6) is -3.31. The first-order chi connectivity index (χ1) is 21.7. The Bertz CT molecular complexity index is 1570. The van der Waals surface area contributed by atoms with Crippen molar-refractivity contribution in [3.05, 3.63) is 71.5 Å². The number of hydrogen-bond donors (Lipinski definition) is 0. The number of nitrogens with zero attached hydrogens (tertiary/aromatic N) is 4. The number of aromatic nitrogens is 4. The molecule has 0 spiro atoms. The van der Waals surface area contributed by atoms with Gasteiger partial charge in [-0.05, 0) is 24.3 Å². The Morgan fingerprint density at radius 2 is 1.11 bits per heavy atom. The van der Waals surface area contributed by atoms with E-state index in [0.29, 0.717) is 0 Å². The van der Waals surface area contributed by atoms with E-state index in [9.17, 15) is 13.8 Å². The molecule has 0 fully saturated rings. The summed E-state index contributed by atoms with van der Waals surface area (Å²) in [4.78, 5) is 30.5. The van der Waals surface area contributed by atoms with E-state index in [-0.39, 0.29) is 58.2 Å². The van der Waals surface area contributed by atoms with E-state index in [2.05, 4.69) is 19.9 Å². The Hall–Kier alpha value is -5.05. The Kier molecular flexibility index (Phi) is 10.7. The zero-order chi connectivity index (χ0) is 32.6. The van der Waals surface area contributed by atoms with E-state index in [4.69, 9.17) is 42.2 Å². The van der Waals surface area contributed by atoms with Crippen molar-refractivity contribution in [1.29, 1.82) is 0 Å². The number of esters is 1. The maximum atomic E-state index is 14.0. The molecule has 0 aliphatic rings. The summed E-state index contributed by atoms with van der Waals surface area (Å²) in [7, 11) is 3.57. The van der Waals surface area contributed by atoms with Crippen molar-refractivity contribution in [3.8, 4) is 47.0 Å². The van der Waals surface area contributed by atoms with Crippen molar-refractivity contribution in [2.75, 3.05) is 42.7 Å². The molecule has 0 bridgehead atoms. The monoisotopic (exact) mass is 646 g/mol. The van der Waals surface area contributed by atoms with Crippen LogP contribution < -0.4 is 28.4 Å². The number of halogens is 1. The molecular weight excluding hydrogens is 618 g/mol. The van der Waals surface area contributed by atoms with Crippen molar-refractivity contribution in [2.45, 2.75) is 5.85 Å². The highest BCUT2D eigenvalue weighted by Crippen LogP contribution is 2.60. The van der Waals surface area contributed by atoms with Crippen LogP contribution in [-0.4, -0.2) is 68.6 Å². The lowest BCUT2D eigenvalue weighted by Crippen LogP contribution is -2.16. The predicted molar refractivity (Wildman–Crippen MR) is 153 cm³/mol. The zero-order valence-electron chi connectivity index (χ0n) is 24.9. The first-order valence-corrected chi connectivity index (χ1v) is 14.4. The van der Waals surface area contributed by atoms with Crippen LogP contribution in [0.1, 0.15) is 21.8 Å². The summed E-state index contributed by atoms with van der Waals surface area (Å²) in [6.07, 6.45) is 0. The fourth-order valence-electron chi connectivity index (χ4n) is 3.72. The number of carbonyl (C=O) groups excluding carboxylic acids is 1. The van der Waals surface area contributed by atoms with Crippen LogP contribution in [0.2, 0.25) is 0 Å². The molecule has 2 aromatic carbocycles. The van der Waals surface area contributed by atoms with Gasteiger partial charge in [0.15, 0.2) is 0 Å². The molecule has 4 aromatic rings. The summed E-state index contributed by atoms with van der Waals surface area (Å²) in [5, 5.41) is 0. The lowest BCUT2D eigenvalue weighted by molar-refractivity contribution is 0.0375. The molecule has 2 heterocycles. The number of rotatable bonds is 14. The highest BCUT2D eigenvalue weighted by atomic mass is 31.2. The van der Waals surface area contributed by atoms with E-state index in [1.165, 1.54) is 70.9 Å². The average Bonchev–Trinajstić information content (AvgIpc) is 3.06. The van der Waals surface area contributed by atoms with Gasteiger partial charge in [-0.1, -0.05) is 18.2 Å². The third kappa shape index (κ3) is 7.73. The number of carbonyl (C=O) groups is 1. The van der Waals surface area contributed by atoms with Crippen molar-refractivity contribution >= 4 is 13.6 Å². The molecule has 238 valence electrons. The van der Waals surface area contributed by atoms with Gasteiger partial charge in [-0.2, -0.15) is 19.9 Å². The standard InChI is InChI=1S/C28H28FN4O11P/c1-36-20-14-21(37-2)31-27(30-20)42-18-8-7-9-19(43-28-32-22(38-3)15-23(33-28)39-4)24(18)25(34)44-26(45(35,40-5)41-6)16-10-12-17(29)13-11-16/h7-15,26H,1-6H3. The minimum Gasteiger partial charge on any atom is -0.481 e. The predicted octanol–water partition coefficient (Wildman–Crippen LogP) is 5.37. The summed E-state index contributed by atoms with van der Waals surface area (Å²) >= 11 is 0. The van der Waals surface area contributed by atoms with Gasteiger partial charge >= 0.3 is 25.6 Å². The molecule has 0 radical (unpaired) electrons. The molecule has 0 N–H and O–H groups in total. The van der Waals surface area contributed by atoms with Gasteiger partial charge in [0.2, 0.25) is 29.4 Å². The Balaban J connectivity index is 1.85. The van der Waals surface area contributed by atoms with Crippen LogP contribution in [0.4, 0.5) is 4.39 Å². The summed E-state index contributed by atoms with van der Waals surface area (Å²) in [5.41, 5.74) is -0.237. The smallest absolute Gasteiger partial charge is 0.375 e. The van der Waals surface area contributed by atoms with Gasteiger partial charge in [-0.15, -0.1) is 0 Å². The third-order valence-corrected chi connectivity index (χ3v) is 7.91. The second kappa shape index (κ2) is 14.6. The molecule has 45 heavy (non-hydrogen) atoms. The summed E-state index contributed by atoms with van der Waals surface area (Å²) in [6.45, 7) is 0. The van der Waals surface area contributed by atoms with Crippen LogP contribution in [0.5, 0.6) is 47.0 Å². The molecule has 4 rings (SSSR count). The quantitative estimate of drug-likeness (QED) is 0.127. The molecule has 2 aromatic heterocycles. The zero-order valence-corrected chi connectivity index (χ0v) is 25.8. The van der Waals surface area contributed by atoms with Crippen molar-refractivity contribution in [1.82, 2.24) is 19.9 Å². The van der Waals surface area contributed by atoms with Crippen LogP contribution in [0.15, 0.2) is 54.6 Å². The number of ether oxygens (including phenoxy) is 7. The van der Waals surface area contributed by atoms with E-state index in [0.717, 1.165) is 26.4 Å². The molecule has 1 unspecified atom stereocenters. The maximum absolute atomic E-state index is 14.0. The molecular formula is C28H28FN4O11P. The Labute approximate surface area is 256 Å². The fraction of sp³-hybridized carbons (Fsp3) is 0.250. The van der Waals surface area contributed by atoms with Crippen LogP contribution in [-0.2, 0) is 18.3 Å².